The van der Waals surface area contributed by atoms with Crippen molar-refractivity contribution in [2.24, 2.45) is 0 Å². The fourth-order valence-electron chi connectivity index (χ4n) is 3.40. The van der Waals surface area contributed by atoms with E-state index < -0.39 is 0 Å². The topological polar surface area (TPSA) is 44.1 Å². The van der Waals surface area contributed by atoms with Crippen LogP contribution in [0.5, 0.6) is 5.75 Å². The Labute approximate surface area is 153 Å². The Hall–Kier alpha value is -1.81. The second kappa shape index (κ2) is 8.52. The first-order valence-electron chi connectivity index (χ1n) is 9.16. The molecule has 1 saturated carbocycles. The second-order valence-electron chi connectivity index (χ2n) is 6.72. The zero-order valence-corrected chi connectivity index (χ0v) is 15.5. The highest BCUT2D eigenvalue weighted by Gasteiger charge is 2.15. The summed E-state index contributed by atoms with van der Waals surface area (Å²) in [5.41, 5.74) is 2.19. The van der Waals surface area contributed by atoms with Crippen LogP contribution in [0.4, 0.5) is 0 Å². The van der Waals surface area contributed by atoms with Crippen molar-refractivity contribution in [3.63, 3.8) is 0 Å². The van der Waals surface area contributed by atoms with Gasteiger partial charge in [-0.25, -0.2) is 4.68 Å². The van der Waals surface area contributed by atoms with Crippen molar-refractivity contribution in [1.82, 2.24) is 9.78 Å². The highest BCUT2D eigenvalue weighted by atomic mass is 35.5. The van der Waals surface area contributed by atoms with E-state index in [0.29, 0.717) is 24.8 Å². The summed E-state index contributed by atoms with van der Waals surface area (Å²) in [5.74, 6) is 1.05. The quantitative estimate of drug-likeness (QED) is 0.733. The molecule has 1 fully saturated rings. The summed E-state index contributed by atoms with van der Waals surface area (Å²) in [7, 11) is 0. The molecule has 0 N–H and O–H groups in total. The Morgan fingerprint density at radius 3 is 2.60 bits per heavy atom. The van der Waals surface area contributed by atoms with Crippen molar-refractivity contribution >= 4 is 11.6 Å². The molecule has 5 heteroatoms. The lowest BCUT2D eigenvalue weighted by Crippen LogP contribution is -2.23. The molecule has 25 heavy (non-hydrogen) atoms. The number of rotatable bonds is 6. The molecule has 0 atom stereocenters. The number of ether oxygens (including phenoxy) is 1. The fraction of sp³-hybridized carbons (Fsp3) is 0.500. The third-order valence-electron chi connectivity index (χ3n) is 4.84. The molecule has 1 aromatic carbocycles. The third-order valence-corrected chi connectivity index (χ3v) is 5.19. The Morgan fingerprint density at radius 2 is 1.92 bits per heavy atom. The number of hydrogen-bond acceptors (Lipinski definition) is 3. The molecular formula is C20H25ClN2O2. The predicted octanol–water partition coefficient (Wildman–Crippen LogP) is 4.93. The first-order valence-corrected chi connectivity index (χ1v) is 9.54. The number of benzene rings is 1. The van der Waals surface area contributed by atoms with Gasteiger partial charge in [-0.15, -0.1) is 0 Å². The van der Waals surface area contributed by atoms with Crippen molar-refractivity contribution in [3.05, 3.63) is 57.0 Å². The molecule has 3 rings (SSSR count). The largest absolute Gasteiger partial charge is 0.485 e. The molecule has 0 amide bonds. The summed E-state index contributed by atoms with van der Waals surface area (Å²) in [6.07, 6.45) is 8.99. The van der Waals surface area contributed by atoms with Gasteiger partial charge in [0.15, 0.2) is 10.8 Å². The Kier molecular flexibility index (Phi) is 6.14. The fourth-order valence-corrected chi connectivity index (χ4v) is 3.61. The summed E-state index contributed by atoms with van der Waals surface area (Å²) in [5, 5.41) is 4.21. The SMILES string of the molecule is CCCn1ncc(OCc2ccc(C3CCCCC3)cc2)c(Cl)c1=O. The molecule has 0 bridgehead atoms. The summed E-state index contributed by atoms with van der Waals surface area (Å²) in [6.45, 7) is 2.93. The second-order valence-corrected chi connectivity index (χ2v) is 7.09. The average molecular weight is 361 g/mol. The summed E-state index contributed by atoms with van der Waals surface area (Å²) < 4.78 is 7.08. The normalized spacial score (nSPS) is 15.3. The molecular weight excluding hydrogens is 336 g/mol. The van der Waals surface area contributed by atoms with E-state index in [2.05, 4.69) is 29.4 Å². The Morgan fingerprint density at radius 1 is 1.20 bits per heavy atom. The minimum absolute atomic E-state index is 0.0993. The lowest BCUT2D eigenvalue weighted by Gasteiger charge is -2.22. The van der Waals surface area contributed by atoms with E-state index in [0.717, 1.165) is 12.0 Å². The highest BCUT2D eigenvalue weighted by Crippen LogP contribution is 2.32. The molecule has 0 saturated heterocycles. The zero-order chi connectivity index (χ0) is 17.6. The molecule has 1 aromatic heterocycles. The van der Waals surface area contributed by atoms with Crippen LogP contribution in [0, 0.1) is 0 Å². The maximum absolute atomic E-state index is 12.1. The van der Waals surface area contributed by atoms with Gasteiger partial charge in [0, 0.05) is 6.54 Å². The lowest BCUT2D eigenvalue weighted by atomic mass is 9.84. The molecule has 1 aliphatic carbocycles. The molecule has 0 unspecified atom stereocenters. The maximum Gasteiger partial charge on any atom is 0.289 e. The maximum atomic E-state index is 12.1. The van der Waals surface area contributed by atoms with E-state index in [1.807, 2.05) is 6.92 Å². The van der Waals surface area contributed by atoms with Crippen LogP contribution in [0.15, 0.2) is 35.3 Å². The van der Waals surface area contributed by atoms with E-state index in [4.69, 9.17) is 16.3 Å². The molecule has 0 radical (unpaired) electrons. The standard InChI is InChI=1S/C20H25ClN2O2/c1-2-12-23-20(24)19(21)18(13-22-23)25-14-15-8-10-17(11-9-15)16-6-4-3-5-7-16/h8-11,13,16H,2-7,12,14H2,1H3. The van der Waals surface area contributed by atoms with Gasteiger partial charge >= 0.3 is 0 Å². The van der Waals surface area contributed by atoms with E-state index in [1.165, 1.54) is 48.5 Å². The number of hydrogen-bond donors (Lipinski definition) is 0. The molecule has 2 aromatic rings. The van der Waals surface area contributed by atoms with Crippen molar-refractivity contribution in [3.8, 4) is 5.75 Å². The van der Waals surface area contributed by atoms with Crippen LogP contribution < -0.4 is 10.3 Å². The predicted molar refractivity (Wildman–Crippen MR) is 100 cm³/mol. The number of nitrogens with zero attached hydrogens (tertiary/aromatic N) is 2. The molecule has 0 aliphatic heterocycles. The van der Waals surface area contributed by atoms with E-state index in [1.54, 1.807) is 0 Å². The van der Waals surface area contributed by atoms with Crippen LogP contribution in [0.1, 0.15) is 62.5 Å². The van der Waals surface area contributed by atoms with Gasteiger partial charge in [0.25, 0.3) is 5.56 Å². The molecule has 1 heterocycles. The summed E-state index contributed by atoms with van der Waals surface area (Å²) in [6, 6.07) is 8.61. The van der Waals surface area contributed by atoms with Gasteiger partial charge in [0.05, 0.1) is 6.20 Å². The Balaban J connectivity index is 1.63. The van der Waals surface area contributed by atoms with Crippen LogP contribution in [0.2, 0.25) is 5.02 Å². The summed E-state index contributed by atoms with van der Waals surface area (Å²) in [4.78, 5) is 12.1. The van der Waals surface area contributed by atoms with Gasteiger partial charge in [-0.2, -0.15) is 5.10 Å². The molecule has 4 nitrogen and oxygen atoms in total. The first kappa shape index (κ1) is 18.0. The van der Waals surface area contributed by atoms with Crippen LogP contribution in [-0.4, -0.2) is 9.78 Å². The van der Waals surface area contributed by atoms with Crippen molar-refractivity contribution < 1.29 is 4.74 Å². The minimum Gasteiger partial charge on any atom is -0.485 e. The van der Waals surface area contributed by atoms with Gasteiger partial charge in [-0.05, 0) is 36.3 Å². The van der Waals surface area contributed by atoms with E-state index in [9.17, 15) is 4.79 Å². The zero-order valence-electron chi connectivity index (χ0n) is 14.7. The van der Waals surface area contributed by atoms with Crippen molar-refractivity contribution in [2.75, 3.05) is 0 Å². The van der Waals surface area contributed by atoms with Gasteiger partial charge in [0.2, 0.25) is 0 Å². The van der Waals surface area contributed by atoms with E-state index >= 15 is 0 Å². The van der Waals surface area contributed by atoms with Crippen LogP contribution in [0.3, 0.4) is 0 Å². The van der Waals surface area contributed by atoms with Crippen molar-refractivity contribution in [2.45, 2.75) is 64.5 Å². The lowest BCUT2D eigenvalue weighted by molar-refractivity contribution is 0.302. The van der Waals surface area contributed by atoms with Gasteiger partial charge in [0.1, 0.15) is 6.61 Å². The highest BCUT2D eigenvalue weighted by molar-refractivity contribution is 6.31. The van der Waals surface area contributed by atoms with Crippen molar-refractivity contribution in [1.29, 1.82) is 0 Å². The van der Waals surface area contributed by atoms with Gasteiger partial charge in [-0.3, -0.25) is 4.79 Å². The van der Waals surface area contributed by atoms with E-state index in [-0.39, 0.29) is 10.6 Å². The minimum atomic E-state index is -0.298. The monoisotopic (exact) mass is 360 g/mol. The number of halogens is 1. The first-order chi connectivity index (χ1) is 12.2. The molecule has 134 valence electrons. The molecule has 1 aliphatic rings. The number of aromatic nitrogens is 2. The Bertz CT molecular complexity index is 749. The average Bonchev–Trinajstić information content (AvgIpc) is 2.66. The third kappa shape index (κ3) is 4.43. The summed E-state index contributed by atoms with van der Waals surface area (Å²) >= 11 is 6.13. The van der Waals surface area contributed by atoms with Gasteiger partial charge in [-0.1, -0.05) is 62.1 Å². The van der Waals surface area contributed by atoms with Gasteiger partial charge < -0.3 is 4.74 Å². The van der Waals surface area contributed by atoms with Crippen LogP contribution in [0.25, 0.3) is 0 Å². The van der Waals surface area contributed by atoms with Crippen LogP contribution >= 0.6 is 11.6 Å². The van der Waals surface area contributed by atoms with Crippen LogP contribution in [-0.2, 0) is 13.2 Å². The number of aryl methyl sites for hydroxylation is 1. The smallest absolute Gasteiger partial charge is 0.289 e. The molecule has 0 spiro atoms.